The van der Waals surface area contributed by atoms with Crippen molar-refractivity contribution >= 4 is 28.5 Å². The Labute approximate surface area is 195 Å². The van der Waals surface area contributed by atoms with E-state index in [0.717, 1.165) is 75.1 Å². The second kappa shape index (κ2) is 9.84. The predicted octanol–water partition coefficient (Wildman–Crippen LogP) is 4.96. The van der Waals surface area contributed by atoms with Gasteiger partial charge in [0.25, 0.3) is 5.91 Å². The smallest absolute Gasteiger partial charge is 0.256 e. The van der Waals surface area contributed by atoms with E-state index in [0.29, 0.717) is 23.6 Å². The van der Waals surface area contributed by atoms with Gasteiger partial charge in [-0.2, -0.15) is 0 Å². The van der Waals surface area contributed by atoms with Crippen LogP contribution in [0.15, 0.2) is 12.1 Å². The van der Waals surface area contributed by atoms with E-state index in [1.807, 2.05) is 28.6 Å². The third kappa shape index (κ3) is 4.79. The molecule has 0 unspecified atom stereocenters. The fourth-order valence-electron chi connectivity index (χ4n) is 5.81. The largest absolute Gasteiger partial charge is 0.370 e. The molecular formula is C26H36N4O3. The van der Waals surface area contributed by atoms with Gasteiger partial charge >= 0.3 is 0 Å². The van der Waals surface area contributed by atoms with Gasteiger partial charge in [0.05, 0.1) is 16.6 Å². The average molecular weight is 453 g/mol. The number of aryl methyl sites for hydroxylation is 1. The highest BCUT2D eigenvalue weighted by Crippen LogP contribution is 2.33. The van der Waals surface area contributed by atoms with Crippen LogP contribution in [0.5, 0.6) is 0 Å². The molecule has 5 rings (SSSR count). The Morgan fingerprint density at radius 1 is 1.03 bits per heavy atom. The highest BCUT2D eigenvalue weighted by molar-refractivity contribution is 6.07. The van der Waals surface area contributed by atoms with Crippen molar-refractivity contribution in [2.24, 2.45) is 13.0 Å². The first-order chi connectivity index (χ1) is 16.1. The Morgan fingerprint density at radius 2 is 1.79 bits per heavy atom. The molecule has 0 spiro atoms. The van der Waals surface area contributed by atoms with Crippen molar-refractivity contribution in [3.05, 3.63) is 23.5 Å². The average Bonchev–Trinajstić information content (AvgIpc) is 3.52. The molecule has 0 bridgehead atoms. The number of amides is 2. The number of fused-ring (bicyclic) bond motifs is 1. The van der Waals surface area contributed by atoms with E-state index in [1.165, 1.54) is 25.7 Å². The van der Waals surface area contributed by atoms with Gasteiger partial charge in [-0.1, -0.05) is 25.7 Å². The zero-order valence-corrected chi connectivity index (χ0v) is 19.8. The second-order valence-electron chi connectivity index (χ2n) is 10.0. The number of carbonyl (C=O) groups excluding carboxylic acids is 2. The SMILES string of the molecule is Cn1c([C@@H]2CCCO2)nc2cc(NC(=O)CC3CCCC3)cc(C(=O)N3CCCCCC3)c21. The van der Waals surface area contributed by atoms with Crippen molar-refractivity contribution in [2.75, 3.05) is 25.0 Å². The van der Waals surface area contributed by atoms with Crippen molar-refractivity contribution in [1.82, 2.24) is 14.5 Å². The fourth-order valence-corrected chi connectivity index (χ4v) is 5.81. The third-order valence-electron chi connectivity index (χ3n) is 7.58. The Hall–Kier alpha value is -2.41. The highest BCUT2D eigenvalue weighted by Gasteiger charge is 2.28. The number of hydrogen-bond acceptors (Lipinski definition) is 4. The molecule has 3 heterocycles. The number of rotatable bonds is 5. The lowest BCUT2D eigenvalue weighted by Gasteiger charge is -2.21. The molecule has 1 N–H and O–H groups in total. The Balaban J connectivity index is 1.49. The summed E-state index contributed by atoms with van der Waals surface area (Å²) in [6, 6.07) is 3.78. The van der Waals surface area contributed by atoms with Gasteiger partial charge in [-0.25, -0.2) is 4.98 Å². The zero-order valence-electron chi connectivity index (χ0n) is 19.8. The standard InChI is InChI=1S/C26H36N4O3/c1-29-24-20(26(32)30-12-6-2-3-7-13-30)16-19(27-23(31)15-18-9-4-5-10-18)17-21(24)28-25(29)22-11-8-14-33-22/h16-18,22H,2-15H2,1H3,(H,27,31)/t22-/m0/s1. The van der Waals surface area contributed by atoms with Crippen LogP contribution in [-0.4, -0.2) is 46.0 Å². The topological polar surface area (TPSA) is 76.5 Å². The van der Waals surface area contributed by atoms with Crippen LogP contribution in [0.2, 0.25) is 0 Å². The van der Waals surface area contributed by atoms with Crippen molar-refractivity contribution < 1.29 is 14.3 Å². The minimum Gasteiger partial charge on any atom is -0.370 e. The fraction of sp³-hybridized carbons (Fsp3) is 0.654. The van der Waals surface area contributed by atoms with E-state index < -0.39 is 0 Å². The van der Waals surface area contributed by atoms with E-state index in [4.69, 9.17) is 9.72 Å². The summed E-state index contributed by atoms with van der Waals surface area (Å²) in [7, 11) is 1.98. The van der Waals surface area contributed by atoms with Crippen LogP contribution in [0.1, 0.15) is 92.9 Å². The maximum atomic E-state index is 13.7. The third-order valence-corrected chi connectivity index (χ3v) is 7.58. The highest BCUT2D eigenvalue weighted by atomic mass is 16.5. The Kier molecular flexibility index (Phi) is 6.67. The summed E-state index contributed by atoms with van der Waals surface area (Å²) in [5.74, 6) is 1.41. The lowest BCUT2D eigenvalue weighted by Crippen LogP contribution is -2.32. The number of ether oxygens (including phenoxy) is 1. The summed E-state index contributed by atoms with van der Waals surface area (Å²) in [6.07, 6.45) is 11.6. The summed E-state index contributed by atoms with van der Waals surface area (Å²) < 4.78 is 7.93. The minimum atomic E-state index is -0.0380. The van der Waals surface area contributed by atoms with Crippen LogP contribution in [0, 0.1) is 5.92 Å². The van der Waals surface area contributed by atoms with Gasteiger partial charge in [0, 0.05) is 38.9 Å². The van der Waals surface area contributed by atoms with Gasteiger partial charge in [-0.15, -0.1) is 0 Å². The van der Waals surface area contributed by atoms with Crippen LogP contribution in [0.25, 0.3) is 11.0 Å². The number of benzene rings is 1. The maximum Gasteiger partial charge on any atom is 0.256 e. The summed E-state index contributed by atoms with van der Waals surface area (Å²) in [5, 5.41) is 3.08. The van der Waals surface area contributed by atoms with Gasteiger partial charge in [-0.05, 0) is 56.6 Å². The molecule has 7 heteroatoms. The van der Waals surface area contributed by atoms with Crippen LogP contribution < -0.4 is 5.32 Å². The normalized spacial score (nSPS) is 22.1. The molecular weight excluding hydrogens is 416 g/mol. The van der Waals surface area contributed by atoms with Crippen molar-refractivity contribution in [1.29, 1.82) is 0 Å². The molecule has 1 aromatic heterocycles. The van der Waals surface area contributed by atoms with E-state index in [9.17, 15) is 9.59 Å². The van der Waals surface area contributed by atoms with Crippen LogP contribution in [0.3, 0.4) is 0 Å². The van der Waals surface area contributed by atoms with E-state index in [1.54, 1.807) is 0 Å². The molecule has 3 aliphatic rings. The quantitative estimate of drug-likeness (QED) is 0.696. The van der Waals surface area contributed by atoms with E-state index in [-0.39, 0.29) is 17.9 Å². The van der Waals surface area contributed by atoms with Crippen molar-refractivity contribution in [3.8, 4) is 0 Å². The van der Waals surface area contributed by atoms with Crippen molar-refractivity contribution in [3.63, 3.8) is 0 Å². The molecule has 2 aliphatic heterocycles. The predicted molar refractivity (Wildman–Crippen MR) is 128 cm³/mol. The van der Waals surface area contributed by atoms with Crippen LogP contribution in [0.4, 0.5) is 5.69 Å². The number of carbonyl (C=O) groups is 2. The first-order valence-corrected chi connectivity index (χ1v) is 12.8. The Bertz CT molecular complexity index is 1010. The van der Waals surface area contributed by atoms with E-state index in [2.05, 4.69) is 5.32 Å². The molecule has 3 fully saturated rings. The zero-order chi connectivity index (χ0) is 22.8. The number of anilines is 1. The number of aromatic nitrogens is 2. The maximum absolute atomic E-state index is 13.7. The molecule has 33 heavy (non-hydrogen) atoms. The summed E-state index contributed by atoms with van der Waals surface area (Å²) in [6.45, 7) is 2.32. The monoisotopic (exact) mass is 452 g/mol. The number of hydrogen-bond donors (Lipinski definition) is 1. The summed E-state index contributed by atoms with van der Waals surface area (Å²) in [4.78, 5) is 33.3. The molecule has 2 saturated heterocycles. The first kappa shape index (κ1) is 22.4. The molecule has 178 valence electrons. The van der Waals surface area contributed by atoms with Gasteiger partial charge in [0.15, 0.2) is 0 Å². The second-order valence-corrected chi connectivity index (χ2v) is 10.0. The minimum absolute atomic E-state index is 0.0321. The number of nitrogens with one attached hydrogen (secondary N) is 1. The van der Waals surface area contributed by atoms with Gasteiger partial charge < -0.3 is 19.5 Å². The van der Waals surface area contributed by atoms with Gasteiger partial charge in [0.1, 0.15) is 11.9 Å². The first-order valence-electron chi connectivity index (χ1n) is 12.8. The number of nitrogens with zero attached hydrogens (tertiary/aromatic N) is 3. The number of imidazole rings is 1. The molecule has 1 aromatic carbocycles. The molecule has 1 atom stereocenters. The molecule has 1 aliphatic carbocycles. The molecule has 2 amide bonds. The lowest BCUT2D eigenvalue weighted by molar-refractivity contribution is -0.117. The van der Waals surface area contributed by atoms with Gasteiger partial charge in [-0.3, -0.25) is 9.59 Å². The van der Waals surface area contributed by atoms with Gasteiger partial charge in [0.2, 0.25) is 5.91 Å². The molecule has 1 saturated carbocycles. The van der Waals surface area contributed by atoms with Crippen LogP contribution in [-0.2, 0) is 16.6 Å². The number of likely N-dealkylation sites (tertiary alicyclic amines) is 1. The molecule has 0 radical (unpaired) electrons. The Morgan fingerprint density at radius 3 is 2.48 bits per heavy atom. The summed E-state index contributed by atoms with van der Waals surface area (Å²) in [5.41, 5.74) is 2.88. The van der Waals surface area contributed by atoms with E-state index >= 15 is 0 Å². The molecule has 7 nitrogen and oxygen atoms in total. The molecule has 2 aromatic rings. The lowest BCUT2D eigenvalue weighted by atomic mass is 10.0. The van der Waals surface area contributed by atoms with Crippen molar-refractivity contribution in [2.45, 2.75) is 76.7 Å². The van der Waals surface area contributed by atoms with Crippen LogP contribution >= 0.6 is 0 Å². The summed E-state index contributed by atoms with van der Waals surface area (Å²) >= 11 is 0.